The van der Waals surface area contributed by atoms with Crippen LogP contribution in [0.4, 0.5) is 0 Å². The van der Waals surface area contributed by atoms with Gasteiger partial charge in [-0.1, -0.05) is 0 Å². The van der Waals surface area contributed by atoms with Crippen LogP contribution in [0.15, 0.2) is 0 Å². The molecule has 0 bridgehead atoms. The highest BCUT2D eigenvalue weighted by atomic mass is 16.2. The van der Waals surface area contributed by atoms with Crippen molar-refractivity contribution >= 4 is 11.8 Å². The van der Waals surface area contributed by atoms with Gasteiger partial charge in [-0.05, 0) is 6.92 Å². The third-order valence-corrected chi connectivity index (χ3v) is 2.59. The fraction of sp³-hybridized carbons (Fsp3) is 0.778. The van der Waals surface area contributed by atoms with E-state index in [-0.39, 0.29) is 24.4 Å². The van der Waals surface area contributed by atoms with Gasteiger partial charge in [0.2, 0.25) is 11.8 Å². The number of amides is 2. The zero-order valence-corrected chi connectivity index (χ0v) is 8.69. The zero-order valence-electron chi connectivity index (χ0n) is 8.69. The molecule has 1 unspecified atom stereocenters. The minimum Gasteiger partial charge on any atom is -0.344 e. The van der Waals surface area contributed by atoms with E-state index in [0.29, 0.717) is 19.5 Å². The first kappa shape index (κ1) is 11.0. The third kappa shape index (κ3) is 2.23. The van der Waals surface area contributed by atoms with Crippen molar-refractivity contribution in [3.05, 3.63) is 0 Å². The molecule has 2 amide bonds. The minimum atomic E-state index is -0.0575. The summed E-state index contributed by atoms with van der Waals surface area (Å²) in [6.07, 6.45) is 0.395. The van der Waals surface area contributed by atoms with Crippen LogP contribution in [0.3, 0.4) is 0 Å². The standard InChI is InChI=1S/C9H17N3O2/c1-7(5-10)12-6-9(14)11(2)4-3-8(12)13/h7H,3-6,10H2,1-2H3. The van der Waals surface area contributed by atoms with Crippen molar-refractivity contribution in [3.63, 3.8) is 0 Å². The van der Waals surface area contributed by atoms with Crippen molar-refractivity contribution in [2.45, 2.75) is 19.4 Å². The SMILES string of the molecule is CC(CN)N1CC(=O)N(C)CCC1=O. The first-order valence-corrected chi connectivity index (χ1v) is 4.79. The molecule has 0 aromatic heterocycles. The molecule has 1 atom stereocenters. The molecule has 0 spiro atoms. The molecule has 80 valence electrons. The Hall–Kier alpha value is -1.10. The summed E-state index contributed by atoms with van der Waals surface area (Å²) < 4.78 is 0. The maximum atomic E-state index is 11.6. The maximum absolute atomic E-state index is 11.6. The topological polar surface area (TPSA) is 66.6 Å². The number of rotatable bonds is 2. The van der Waals surface area contributed by atoms with Gasteiger partial charge < -0.3 is 15.5 Å². The molecule has 0 saturated carbocycles. The van der Waals surface area contributed by atoms with Gasteiger partial charge in [0.1, 0.15) is 6.54 Å². The lowest BCUT2D eigenvalue weighted by atomic mass is 10.2. The first-order chi connectivity index (χ1) is 6.56. The lowest BCUT2D eigenvalue weighted by Crippen LogP contribution is -2.45. The molecule has 5 nitrogen and oxygen atoms in total. The van der Waals surface area contributed by atoms with Crippen LogP contribution >= 0.6 is 0 Å². The number of carbonyl (C=O) groups is 2. The summed E-state index contributed by atoms with van der Waals surface area (Å²) in [5, 5.41) is 0. The van der Waals surface area contributed by atoms with Crippen LogP contribution in [-0.2, 0) is 9.59 Å². The fourth-order valence-electron chi connectivity index (χ4n) is 1.42. The van der Waals surface area contributed by atoms with E-state index < -0.39 is 0 Å². The van der Waals surface area contributed by atoms with Crippen LogP contribution in [0.25, 0.3) is 0 Å². The van der Waals surface area contributed by atoms with Crippen LogP contribution < -0.4 is 5.73 Å². The summed E-state index contributed by atoms with van der Waals surface area (Å²) >= 11 is 0. The van der Waals surface area contributed by atoms with Crippen LogP contribution in [0.1, 0.15) is 13.3 Å². The molecule has 1 aliphatic heterocycles. The highest BCUT2D eigenvalue weighted by molar-refractivity contribution is 5.87. The van der Waals surface area contributed by atoms with Gasteiger partial charge in [-0.15, -0.1) is 0 Å². The molecule has 0 aliphatic carbocycles. The Bertz CT molecular complexity index is 242. The van der Waals surface area contributed by atoms with Gasteiger partial charge in [-0.25, -0.2) is 0 Å². The van der Waals surface area contributed by atoms with E-state index in [0.717, 1.165) is 0 Å². The number of nitrogens with two attached hydrogens (primary N) is 1. The minimum absolute atomic E-state index is 0.0145. The molecular weight excluding hydrogens is 182 g/mol. The second-order valence-electron chi connectivity index (χ2n) is 3.67. The molecule has 5 heteroatoms. The van der Waals surface area contributed by atoms with Gasteiger partial charge in [0.05, 0.1) is 0 Å². The maximum Gasteiger partial charge on any atom is 0.241 e. The molecule has 1 aliphatic rings. The zero-order chi connectivity index (χ0) is 10.7. The van der Waals surface area contributed by atoms with Crippen molar-refractivity contribution in [2.75, 3.05) is 26.7 Å². The predicted octanol–water partition coefficient (Wildman–Crippen LogP) is -0.976. The second-order valence-corrected chi connectivity index (χ2v) is 3.67. The largest absolute Gasteiger partial charge is 0.344 e. The van der Waals surface area contributed by atoms with Gasteiger partial charge in [-0.2, -0.15) is 0 Å². The van der Waals surface area contributed by atoms with E-state index in [2.05, 4.69) is 0 Å². The van der Waals surface area contributed by atoms with Crippen molar-refractivity contribution in [2.24, 2.45) is 5.73 Å². The molecular formula is C9H17N3O2. The smallest absolute Gasteiger partial charge is 0.241 e. The normalized spacial score (nSPS) is 21.1. The molecule has 2 N–H and O–H groups in total. The van der Waals surface area contributed by atoms with E-state index in [9.17, 15) is 9.59 Å². The van der Waals surface area contributed by atoms with Crippen LogP contribution in [0, 0.1) is 0 Å². The molecule has 1 heterocycles. The van der Waals surface area contributed by atoms with E-state index in [1.165, 1.54) is 0 Å². The Kier molecular flexibility index (Phi) is 3.46. The summed E-state index contributed by atoms with van der Waals surface area (Å²) in [6, 6.07) is -0.0575. The molecule has 0 aromatic carbocycles. The summed E-state index contributed by atoms with van der Waals surface area (Å²) in [6.45, 7) is 2.92. The Balaban J connectivity index is 2.73. The lowest BCUT2D eigenvalue weighted by Gasteiger charge is -2.25. The van der Waals surface area contributed by atoms with Crippen molar-refractivity contribution in [1.29, 1.82) is 0 Å². The van der Waals surface area contributed by atoms with E-state index in [1.54, 1.807) is 16.8 Å². The van der Waals surface area contributed by atoms with Gasteiger partial charge in [0.25, 0.3) is 0 Å². The molecule has 0 aromatic rings. The molecule has 1 saturated heterocycles. The predicted molar refractivity (Wildman–Crippen MR) is 52.5 cm³/mol. The Labute approximate surface area is 83.8 Å². The first-order valence-electron chi connectivity index (χ1n) is 4.79. The van der Waals surface area contributed by atoms with Crippen molar-refractivity contribution < 1.29 is 9.59 Å². The monoisotopic (exact) mass is 199 g/mol. The lowest BCUT2D eigenvalue weighted by molar-refractivity contribution is -0.137. The van der Waals surface area contributed by atoms with Crippen molar-refractivity contribution in [3.8, 4) is 0 Å². The summed E-state index contributed by atoms with van der Waals surface area (Å²) in [5.74, 6) is -0.00296. The summed E-state index contributed by atoms with van der Waals surface area (Å²) in [5.41, 5.74) is 5.48. The summed E-state index contributed by atoms with van der Waals surface area (Å²) in [7, 11) is 1.71. The molecule has 0 radical (unpaired) electrons. The Morgan fingerprint density at radius 2 is 2.07 bits per heavy atom. The van der Waals surface area contributed by atoms with Crippen LogP contribution in [-0.4, -0.2) is 54.3 Å². The average Bonchev–Trinajstić information content (AvgIpc) is 2.30. The Morgan fingerprint density at radius 1 is 1.43 bits per heavy atom. The van der Waals surface area contributed by atoms with Gasteiger partial charge in [0, 0.05) is 32.6 Å². The number of hydrogen-bond acceptors (Lipinski definition) is 3. The molecule has 14 heavy (non-hydrogen) atoms. The summed E-state index contributed by atoms with van der Waals surface area (Å²) in [4.78, 5) is 26.2. The van der Waals surface area contributed by atoms with E-state index in [1.807, 2.05) is 6.92 Å². The molecule has 1 rings (SSSR count). The highest BCUT2D eigenvalue weighted by Gasteiger charge is 2.26. The Morgan fingerprint density at radius 3 is 2.64 bits per heavy atom. The quantitative estimate of drug-likeness (QED) is 0.622. The molecule has 1 fully saturated rings. The number of nitrogens with zero attached hydrogens (tertiary/aromatic N) is 2. The highest BCUT2D eigenvalue weighted by Crippen LogP contribution is 2.07. The van der Waals surface area contributed by atoms with Crippen molar-refractivity contribution in [1.82, 2.24) is 9.80 Å². The number of carbonyl (C=O) groups excluding carboxylic acids is 2. The van der Waals surface area contributed by atoms with Crippen LogP contribution in [0.5, 0.6) is 0 Å². The van der Waals surface area contributed by atoms with Crippen LogP contribution in [0.2, 0.25) is 0 Å². The van der Waals surface area contributed by atoms with Gasteiger partial charge in [0.15, 0.2) is 0 Å². The average molecular weight is 199 g/mol. The third-order valence-electron chi connectivity index (χ3n) is 2.59. The van der Waals surface area contributed by atoms with Gasteiger partial charge in [-0.3, -0.25) is 9.59 Å². The van der Waals surface area contributed by atoms with Gasteiger partial charge >= 0.3 is 0 Å². The fourth-order valence-corrected chi connectivity index (χ4v) is 1.42. The number of likely N-dealkylation sites (N-methyl/N-ethyl adjacent to an activating group) is 1. The second kappa shape index (κ2) is 4.41. The number of hydrogen-bond donors (Lipinski definition) is 1. The van der Waals surface area contributed by atoms with E-state index in [4.69, 9.17) is 5.73 Å². The van der Waals surface area contributed by atoms with E-state index >= 15 is 0 Å².